The monoisotopic (exact) mass is 564 g/mol. The molecule has 38 heavy (non-hydrogen) atoms. The predicted molar refractivity (Wildman–Crippen MR) is 158 cm³/mol. The van der Waals surface area contributed by atoms with Crippen LogP contribution in [0, 0.1) is 0 Å². The summed E-state index contributed by atoms with van der Waals surface area (Å²) in [4.78, 5) is 30.4. The van der Waals surface area contributed by atoms with Crippen LogP contribution in [0.1, 0.15) is 20.0 Å². The first-order chi connectivity index (χ1) is 18.4. The number of carbonyl (C=O) groups excluding carboxylic acids is 2. The van der Waals surface area contributed by atoms with Gasteiger partial charge in [-0.2, -0.15) is 0 Å². The highest BCUT2D eigenvalue weighted by Crippen LogP contribution is 2.30. The van der Waals surface area contributed by atoms with Crippen LogP contribution < -0.4 is 20.3 Å². The lowest BCUT2D eigenvalue weighted by atomic mass is 10.1. The van der Waals surface area contributed by atoms with E-state index in [-0.39, 0.29) is 16.9 Å². The maximum Gasteiger partial charge on any atom is 0.264 e. The average Bonchev–Trinajstić information content (AvgIpc) is 3.47. The van der Waals surface area contributed by atoms with E-state index < -0.39 is 0 Å². The van der Waals surface area contributed by atoms with Gasteiger partial charge in [-0.05, 0) is 64.8 Å². The number of thiophene rings is 1. The number of halogens is 1. The van der Waals surface area contributed by atoms with E-state index in [9.17, 15) is 9.59 Å². The summed E-state index contributed by atoms with van der Waals surface area (Å²) in [5.41, 5.74) is 1.93. The molecule has 0 spiro atoms. The molecule has 1 fully saturated rings. The molecule has 2 amide bonds. The summed E-state index contributed by atoms with van der Waals surface area (Å²) in [6.07, 6.45) is 0. The van der Waals surface area contributed by atoms with Gasteiger partial charge in [-0.1, -0.05) is 41.9 Å². The van der Waals surface area contributed by atoms with Gasteiger partial charge in [0.25, 0.3) is 11.8 Å². The number of thiocarbonyl (C=S) groups is 1. The fourth-order valence-electron chi connectivity index (χ4n) is 4.45. The Bertz CT molecular complexity index is 1500. The Labute approximate surface area is 234 Å². The maximum atomic E-state index is 13.0. The highest BCUT2D eigenvalue weighted by molar-refractivity contribution is 7.80. The number of benzene rings is 3. The van der Waals surface area contributed by atoms with Gasteiger partial charge in [-0.3, -0.25) is 14.9 Å². The van der Waals surface area contributed by atoms with Crippen LogP contribution >= 0.6 is 35.2 Å². The standard InChI is InChI=1S/C28H25ClN4O3S2/c1-36-24-16-19-6-3-2-5-18(19)15-21(24)26(34)31-28(37)30-20-8-9-23(22(29)17-20)32-10-12-33(13-11-32)27(35)25-7-4-14-38-25/h2-9,14-17H,10-13H2,1H3,(H2,30,31,34,37). The summed E-state index contributed by atoms with van der Waals surface area (Å²) in [6, 6.07) is 20.7. The average molecular weight is 565 g/mol. The molecule has 10 heteroatoms. The molecule has 0 atom stereocenters. The molecule has 1 saturated heterocycles. The number of fused-ring (bicyclic) bond motifs is 1. The first-order valence-corrected chi connectivity index (χ1v) is 13.7. The van der Waals surface area contributed by atoms with Gasteiger partial charge in [-0.25, -0.2) is 0 Å². The Hall–Kier alpha value is -3.66. The van der Waals surface area contributed by atoms with E-state index in [1.165, 1.54) is 18.4 Å². The molecular weight excluding hydrogens is 540 g/mol. The van der Waals surface area contributed by atoms with Gasteiger partial charge < -0.3 is 19.9 Å². The van der Waals surface area contributed by atoms with Crippen molar-refractivity contribution < 1.29 is 14.3 Å². The smallest absolute Gasteiger partial charge is 0.264 e. The molecule has 3 aromatic carbocycles. The molecule has 4 aromatic rings. The van der Waals surface area contributed by atoms with Crippen molar-refractivity contribution in [3.05, 3.63) is 87.6 Å². The number of rotatable bonds is 5. The van der Waals surface area contributed by atoms with Crippen molar-refractivity contribution in [1.29, 1.82) is 0 Å². The van der Waals surface area contributed by atoms with Crippen LogP contribution in [0.15, 0.2) is 72.1 Å². The molecule has 0 saturated carbocycles. The largest absolute Gasteiger partial charge is 0.496 e. The quantitative estimate of drug-likeness (QED) is 0.305. The van der Waals surface area contributed by atoms with Crippen LogP contribution in [0.2, 0.25) is 5.02 Å². The Kier molecular flexibility index (Phi) is 7.78. The highest BCUT2D eigenvalue weighted by atomic mass is 35.5. The van der Waals surface area contributed by atoms with Gasteiger partial charge in [0.2, 0.25) is 0 Å². The number of nitrogens with one attached hydrogen (secondary N) is 2. The van der Waals surface area contributed by atoms with Gasteiger partial charge in [0.05, 0.1) is 28.3 Å². The molecule has 1 aromatic heterocycles. The van der Waals surface area contributed by atoms with Crippen molar-refractivity contribution in [3.8, 4) is 5.75 Å². The zero-order chi connectivity index (χ0) is 26.6. The van der Waals surface area contributed by atoms with Gasteiger partial charge in [0.15, 0.2) is 5.11 Å². The second-order valence-corrected chi connectivity index (χ2v) is 10.5. The number of amides is 2. The molecule has 7 nitrogen and oxygen atoms in total. The summed E-state index contributed by atoms with van der Waals surface area (Å²) in [5.74, 6) is 0.165. The fourth-order valence-corrected chi connectivity index (χ4v) is 5.65. The Morgan fingerprint density at radius 3 is 2.37 bits per heavy atom. The topological polar surface area (TPSA) is 73.9 Å². The van der Waals surface area contributed by atoms with Gasteiger partial charge in [0, 0.05) is 31.9 Å². The Balaban J connectivity index is 1.20. The number of ether oxygens (including phenoxy) is 1. The zero-order valence-corrected chi connectivity index (χ0v) is 23.0. The summed E-state index contributed by atoms with van der Waals surface area (Å²) >= 11 is 13.5. The SMILES string of the molecule is COc1cc2ccccc2cc1C(=O)NC(=S)Nc1ccc(N2CCN(C(=O)c3cccs3)CC2)c(Cl)c1. The third kappa shape index (κ3) is 5.60. The van der Waals surface area contributed by atoms with Gasteiger partial charge >= 0.3 is 0 Å². The number of piperazine rings is 1. The van der Waals surface area contributed by atoms with Gasteiger partial charge in [-0.15, -0.1) is 11.3 Å². The second-order valence-electron chi connectivity index (χ2n) is 8.73. The lowest BCUT2D eigenvalue weighted by Gasteiger charge is -2.36. The van der Waals surface area contributed by atoms with E-state index in [0.29, 0.717) is 48.2 Å². The van der Waals surface area contributed by atoms with E-state index in [1.807, 2.05) is 64.9 Å². The minimum Gasteiger partial charge on any atom is -0.496 e. The molecule has 1 aliphatic heterocycles. The minimum absolute atomic E-state index is 0.0714. The molecule has 5 rings (SSSR count). The minimum atomic E-state index is -0.372. The molecule has 0 radical (unpaired) electrons. The van der Waals surface area contributed by atoms with Crippen molar-refractivity contribution in [1.82, 2.24) is 10.2 Å². The Morgan fingerprint density at radius 1 is 0.974 bits per heavy atom. The van der Waals surface area contributed by atoms with E-state index >= 15 is 0 Å². The lowest BCUT2D eigenvalue weighted by molar-refractivity contribution is 0.0751. The number of hydrogen-bond acceptors (Lipinski definition) is 6. The molecule has 0 bridgehead atoms. The third-order valence-corrected chi connectivity index (χ3v) is 7.75. The van der Waals surface area contributed by atoms with Crippen molar-refractivity contribution in [2.75, 3.05) is 43.5 Å². The maximum absolute atomic E-state index is 13.0. The lowest BCUT2D eigenvalue weighted by Crippen LogP contribution is -2.48. The van der Waals surface area contributed by atoms with Crippen molar-refractivity contribution in [2.45, 2.75) is 0 Å². The summed E-state index contributed by atoms with van der Waals surface area (Å²) < 4.78 is 5.43. The normalized spacial score (nSPS) is 13.3. The predicted octanol–water partition coefficient (Wildman–Crippen LogP) is 5.65. The van der Waals surface area contributed by atoms with Crippen molar-refractivity contribution >= 4 is 74.2 Å². The number of hydrogen-bond donors (Lipinski definition) is 2. The highest BCUT2D eigenvalue weighted by Gasteiger charge is 2.24. The number of carbonyl (C=O) groups is 2. The van der Waals surface area contributed by atoms with Crippen LogP contribution in [0.3, 0.4) is 0 Å². The van der Waals surface area contributed by atoms with Gasteiger partial charge in [0.1, 0.15) is 5.75 Å². The molecular formula is C28H25ClN4O3S2. The molecule has 2 N–H and O–H groups in total. The Morgan fingerprint density at radius 2 is 1.71 bits per heavy atom. The van der Waals surface area contributed by atoms with E-state index in [0.717, 1.165) is 21.3 Å². The summed E-state index contributed by atoms with van der Waals surface area (Å²) in [7, 11) is 1.53. The molecule has 1 aliphatic rings. The summed E-state index contributed by atoms with van der Waals surface area (Å²) in [6.45, 7) is 2.63. The number of nitrogens with zero attached hydrogens (tertiary/aromatic N) is 2. The second kappa shape index (κ2) is 11.4. The van der Waals surface area contributed by atoms with Crippen LogP contribution in [-0.2, 0) is 0 Å². The van der Waals surface area contributed by atoms with Crippen LogP contribution in [0.25, 0.3) is 10.8 Å². The van der Waals surface area contributed by atoms with Crippen LogP contribution in [0.5, 0.6) is 5.75 Å². The molecule has 2 heterocycles. The van der Waals surface area contributed by atoms with Crippen molar-refractivity contribution in [3.63, 3.8) is 0 Å². The first-order valence-electron chi connectivity index (χ1n) is 12.0. The molecule has 0 aliphatic carbocycles. The molecule has 0 unspecified atom stereocenters. The van der Waals surface area contributed by atoms with E-state index in [1.54, 1.807) is 12.1 Å². The van der Waals surface area contributed by atoms with Crippen LogP contribution in [0.4, 0.5) is 11.4 Å². The first kappa shape index (κ1) is 26.0. The summed E-state index contributed by atoms with van der Waals surface area (Å²) in [5, 5.41) is 10.3. The molecule has 194 valence electrons. The third-order valence-electron chi connectivity index (χ3n) is 6.38. The zero-order valence-electron chi connectivity index (χ0n) is 20.6. The van der Waals surface area contributed by atoms with E-state index in [4.69, 9.17) is 28.6 Å². The number of methoxy groups -OCH3 is 1. The number of anilines is 2. The van der Waals surface area contributed by atoms with E-state index in [2.05, 4.69) is 15.5 Å². The van der Waals surface area contributed by atoms with Crippen LogP contribution in [-0.4, -0.2) is 55.1 Å². The van der Waals surface area contributed by atoms with Crippen molar-refractivity contribution in [2.24, 2.45) is 0 Å². The fraction of sp³-hybridized carbons (Fsp3) is 0.179.